The molecule has 1 fully saturated rings. The zero-order valence-electron chi connectivity index (χ0n) is 19.0. The molecule has 172 valence electrons. The number of nitrogens with one attached hydrogen (secondary N) is 2. The van der Waals surface area contributed by atoms with Crippen LogP contribution in [0.5, 0.6) is 0 Å². The van der Waals surface area contributed by atoms with E-state index in [2.05, 4.69) is 10.3 Å². The van der Waals surface area contributed by atoms with E-state index in [0.717, 1.165) is 34.1 Å². The summed E-state index contributed by atoms with van der Waals surface area (Å²) in [4.78, 5) is 43.7. The van der Waals surface area contributed by atoms with Crippen molar-refractivity contribution < 1.29 is 19.5 Å². The molecule has 4 rings (SSSR count). The predicted molar refractivity (Wildman–Crippen MR) is 125 cm³/mol. The second kappa shape index (κ2) is 8.71. The molecule has 0 spiro atoms. The molecule has 8 heteroatoms. The number of imide groups is 1. The molecule has 2 aromatic carbocycles. The highest BCUT2D eigenvalue weighted by atomic mass is 16.4. The largest absolute Gasteiger partial charge is 0.477 e. The first-order valence-corrected chi connectivity index (χ1v) is 10.9. The fourth-order valence-electron chi connectivity index (χ4n) is 4.34. The Balaban J connectivity index is 1.56. The number of likely N-dealkylation sites (N-methyl/N-ethyl adjacent to an activating group) is 1. The lowest BCUT2D eigenvalue weighted by atomic mass is 9.92. The highest BCUT2D eigenvalue weighted by Crippen LogP contribution is 2.29. The molecule has 0 saturated carbocycles. The first kappa shape index (κ1) is 22.5. The van der Waals surface area contributed by atoms with Crippen LogP contribution in [0.4, 0.5) is 4.79 Å². The summed E-state index contributed by atoms with van der Waals surface area (Å²) in [6.45, 7) is 2.68. The Morgan fingerprint density at radius 3 is 2.48 bits per heavy atom. The van der Waals surface area contributed by atoms with Gasteiger partial charge in [-0.2, -0.15) is 0 Å². The molecule has 33 heavy (non-hydrogen) atoms. The number of fused-ring (bicyclic) bond motifs is 1. The maximum Gasteiger partial charge on any atom is 0.352 e. The molecule has 2 heterocycles. The summed E-state index contributed by atoms with van der Waals surface area (Å²) in [5.41, 5.74) is 2.32. The van der Waals surface area contributed by atoms with Gasteiger partial charge in [0.1, 0.15) is 11.2 Å². The zero-order chi connectivity index (χ0) is 23.8. The van der Waals surface area contributed by atoms with Gasteiger partial charge >= 0.3 is 12.0 Å². The quantitative estimate of drug-likeness (QED) is 0.460. The van der Waals surface area contributed by atoms with Crippen molar-refractivity contribution in [2.24, 2.45) is 0 Å². The lowest BCUT2D eigenvalue weighted by Crippen LogP contribution is -2.41. The van der Waals surface area contributed by atoms with Crippen molar-refractivity contribution in [3.63, 3.8) is 0 Å². The molecule has 1 atom stereocenters. The Labute approximate surface area is 192 Å². The molecule has 3 amide bonds. The Kier molecular flexibility index (Phi) is 5.95. The number of benzene rings is 2. The van der Waals surface area contributed by atoms with E-state index in [9.17, 15) is 19.5 Å². The van der Waals surface area contributed by atoms with Gasteiger partial charge < -0.3 is 20.3 Å². The minimum Gasteiger partial charge on any atom is -0.477 e. The van der Waals surface area contributed by atoms with Gasteiger partial charge in [0.25, 0.3) is 5.91 Å². The van der Waals surface area contributed by atoms with Gasteiger partial charge in [-0.25, -0.2) is 9.59 Å². The average Bonchev–Trinajstić information content (AvgIpc) is 3.26. The van der Waals surface area contributed by atoms with Crippen molar-refractivity contribution in [3.8, 4) is 0 Å². The summed E-state index contributed by atoms with van der Waals surface area (Å²) in [6, 6.07) is 14.5. The second-order valence-electron chi connectivity index (χ2n) is 8.84. The fourth-order valence-corrected chi connectivity index (χ4v) is 4.34. The summed E-state index contributed by atoms with van der Waals surface area (Å²) >= 11 is 0. The number of amides is 3. The van der Waals surface area contributed by atoms with E-state index in [0.29, 0.717) is 12.8 Å². The van der Waals surface area contributed by atoms with Crippen LogP contribution in [0.3, 0.4) is 0 Å². The number of urea groups is 1. The van der Waals surface area contributed by atoms with Crippen LogP contribution < -0.4 is 5.32 Å². The number of rotatable bonds is 8. The van der Waals surface area contributed by atoms with Crippen LogP contribution in [0.25, 0.3) is 10.9 Å². The molecule has 0 aliphatic carbocycles. The van der Waals surface area contributed by atoms with Crippen LogP contribution in [-0.4, -0.2) is 65.0 Å². The van der Waals surface area contributed by atoms with E-state index in [1.54, 1.807) is 6.92 Å². The van der Waals surface area contributed by atoms with Gasteiger partial charge in [0.05, 0.1) is 0 Å². The fraction of sp³-hybridized carbons (Fsp3) is 0.320. The van der Waals surface area contributed by atoms with E-state index in [1.165, 1.54) is 4.90 Å². The third kappa shape index (κ3) is 4.21. The number of hydrogen-bond acceptors (Lipinski definition) is 4. The summed E-state index contributed by atoms with van der Waals surface area (Å²) in [5, 5.41) is 13.3. The normalized spacial score (nSPS) is 18.4. The van der Waals surface area contributed by atoms with Gasteiger partial charge in [-0.15, -0.1) is 0 Å². The van der Waals surface area contributed by atoms with Crippen molar-refractivity contribution >= 4 is 28.8 Å². The van der Waals surface area contributed by atoms with Crippen LogP contribution in [0.15, 0.2) is 48.5 Å². The van der Waals surface area contributed by atoms with E-state index >= 15 is 0 Å². The summed E-state index contributed by atoms with van der Waals surface area (Å²) in [5.74, 6) is -1.26. The van der Waals surface area contributed by atoms with Crippen molar-refractivity contribution in [1.29, 1.82) is 0 Å². The third-order valence-electron chi connectivity index (χ3n) is 6.24. The Morgan fingerprint density at radius 1 is 1.09 bits per heavy atom. The monoisotopic (exact) mass is 448 g/mol. The molecule has 1 unspecified atom stereocenters. The number of carboxylic acids is 1. The SMILES string of the molecule is CN(C)CCc1c(C(=O)O)[nH]c2ccc(CCN3C(=O)NC(C)(c4ccccc4)C3=O)cc12. The Bertz CT molecular complexity index is 1220. The van der Waals surface area contributed by atoms with Crippen LogP contribution >= 0.6 is 0 Å². The molecule has 3 N–H and O–H groups in total. The molecular weight excluding hydrogens is 420 g/mol. The first-order valence-electron chi connectivity index (χ1n) is 10.9. The van der Waals surface area contributed by atoms with Crippen molar-refractivity contribution in [2.75, 3.05) is 27.2 Å². The van der Waals surface area contributed by atoms with Crippen LogP contribution in [0.2, 0.25) is 0 Å². The van der Waals surface area contributed by atoms with Gasteiger partial charge in [0, 0.05) is 24.0 Å². The standard InChI is InChI=1S/C25H28N4O4/c1-25(17-7-5-4-6-8-17)23(32)29(24(33)27-25)14-11-16-9-10-20-19(15-16)18(12-13-28(2)3)21(26-20)22(30)31/h4-10,15,26H,11-14H2,1-3H3,(H,27,33)(H,30,31). The van der Waals surface area contributed by atoms with Gasteiger partial charge in [0.15, 0.2) is 0 Å². The van der Waals surface area contributed by atoms with Crippen molar-refractivity contribution in [3.05, 3.63) is 70.9 Å². The maximum atomic E-state index is 13.1. The van der Waals surface area contributed by atoms with Gasteiger partial charge in [-0.1, -0.05) is 36.4 Å². The number of carbonyl (C=O) groups excluding carboxylic acids is 2. The Morgan fingerprint density at radius 2 is 1.82 bits per heavy atom. The highest BCUT2D eigenvalue weighted by molar-refractivity contribution is 6.07. The number of nitrogens with zero attached hydrogens (tertiary/aromatic N) is 2. The van der Waals surface area contributed by atoms with Crippen LogP contribution in [0.1, 0.15) is 34.1 Å². The molecule has 1 aliphatic rings. The molecule has 8 nitrogen and oxygen atoms in total. The van der Waals surface area contributed by atoms with E-state index < -0.39 is 17.5 Å². The Hall–Kier alpha value is -3.65. The number of aromatic nitrogens is 1. The molecule has 1 aliphatic heterocycles. The minimum absolute atomic E-state index is 0.205. The highest BCUT2D eigenvalue weighted by Gasteiger charge is 2.48. The molecule has 3 aromatic rings. The zero-order valence-corrected chi connectivity index (χ0v) is 19.0. The van der Waals surface area contributed by atoms with E-state index in [1.807, 2.05) is 67.5 Å². The van der Waals surface area contributed by atoms with E-state index in [-0.39, 0.29) is 18.1 Å². The average molecular weight is 449 g/mol. The number of aromatic amines is 1. The molecule has 0 radical (unpaired) electrons. The number of H-pyrrole nitrogens is 1. The molecule has 0 bridgehead atoms. The molecule has 1 aromatic heterocycles. The topological polar surface area (TPSA) is 106 Å². The number of aromatic carboxylic acids is 1. The summed E-state index contributed by atoms with van der Waals surface area (Å²) < 4.78 is 0. The minimum atomic E-state index is -1.08. The smallest absolute Gasteiger partial charge is 0.352 e. The van der Waals surface area contributed by atoms with E-state index in [4.69, 9.17) is 0 Å². The predicted octanol–water partition coefficient (Wildman–Crippen LogP) is 2.98. The van der Waals surface area contributed by atoms with Crippen molar-refractivity contribution in [1.82, 2.24) is 20.1 Å². The van der Waals surface area contributed by atoms with Gasteiger partial charge in [-0.05, 0) is 62.7 Å². The summed E-state index contributed by atoms with van der Waals surface area (Å²) in [6.07, 6.45) is 1.07. The first-order chi connectivity index (χ1) is 15.7. The maximum absolute atomic E-state index is 13.1. The third-order valence-corrected chi connectivity index (χ3v) is 6.24. The van der Waals surface area contributed by atoms with Crippen molar-refractivity contribution in [2.45, 2.75) is 25.3 Å². The number of hydrogen-bond donors (Lipinski definition) is 3. The lowest BCUT2D eigenvalue weighted by molar-refractivity contribution is -0.131. The van der Waals surface area contributed by atoms with Crippen LogP contribution in [0, 0.1) is 0 Å². The molecular formula is C25H28N4O4. The van der Waals surface area contributed by atoms with Crippen LogP contribution in [-0.2, 0) is 23.2 Å². The molecule has 1 saturated heterocycles. The van der Waals surface area contributed by atoms with Gasteiger partial charge in [-0.3, -0.25) is 9.69 Å². The van der Waals surface area contributed by atoms with Gasteiger partial charge in [0.2, 0.25) is 0 Å². The lowest BCUT2D eigenvalue weighted by Gasteiger charge is -2.22. The second-order valence-corrected chi connectivity index (χ2v) is 8.84. The summed E-state index contributed by atoms with van der Waals surface area (Å²) in [7, 11) is 3.89. The number of carbonyl (C=O) groups is 3. The number of carboxylic acid groups (broad SMARTS) is 1.